The predicted molar refractivity (Wildman–Crippen MR) is 105 cm³/mol. The van der Waals surface area contributed by atoms with Gasteiger partial charge in [-0.1, -0.05) is 42.5 Å². The second kappa shape index (κ2) is 7.75. The molecule has 8 heteroatoms. The standard InChI is InChI=1S/C21H18F2N4O2/c22-13-8-14(23)10-15(9-13)24-20(28)26-27-21(29)25-19-11-18(19)17-7-3-5-12-4-1-2-6-16(12)17/h1-10,18-19H,11H2,(H2,24,26,28)(H2,25,27,29)/t18-,19+/m0/s1. The van der Waals surface area contributed by atoms with Gasteiger partial charge in [0.2, 0.25) is 0 Å². The zero-order valence-corrected chi connectivity index (χ0v) is 15.2. The number of anilines is 1. The van der Waals surface area contributed by atoms with Crippen molar-refractivity contribution in [2.45, 2.75) is 18.4 Å². The first kappa shape index (κ1) is 18.7. The fourth-order valence-corrected chi connectivity index (χ4v) is 3.38. The molecular weight excluding hydrogens is 378 g/mol. The van der Waals surface area contributed by atoms with Gasteiger partial charge < -0.3 is 10.6 Å². The first-order chi connectivity index (χ1) is 14.0. The van der Waals surface area contributed by atoms with E-state index in [1.165, 1.54) is 5.56 Å². The highest BCUT2D eigenvalue weighted by molar-refractivity contribution is 5.91. The van der Waals surface area contributed by atoms with E-state index in [1.54, 1.807) is 0 Å². The average molecular weight is 396 g/mol. The van der Waals surface area contributed by atoms with E-state index in [1.807, 2.05) is 30.3 Å². The highest BCUT2D eigenvalue weighted by Crippen LogP contribution is 2.43. The predicted octanol–water partition coefficient (Wildman–Crippen LogP) is 4.01. The van der Waals surface area contributed by atoms with Gasteiger partial charge in [-0.25, -0.2) is 29.2 Å². The molecule has 0 bridgehead atoms. The minimum absolute atomic E-state index is 0.0389. The summed E-state index contributed by atoms with van der Waals surface area (Å²) in [4.78, 5) is 23.8. The molecule has 0 aromatic heterocycles. The van der Waals surface area contributed by atoms with Crippen molar-refractivity contribution in [2.24, 2.45) is 0 Å². The molecule has 29 heavy (non-hydrogen) atoms. The van der Waals surface area contributed by atoms with E-state index in [0.717, 1.165) is 29.3 Å². The first-order valence-electron chi connectivity index (χ1n) is 9.07. The van der Waals surface area contributed by atoms with E-state index in [0.29, 0.717) is 6.07 Å². The Morgan fingerprint density at radius 1 is 0.862 bits per heavy atom. The maximum atomic E-state index is 13.1. The van der Waals surface area contributed by atoms with Crippen LogP contribution in [0.15, 0.2) is 60.7 Å². The van der Waals surface area contributed by atoms with E-state index in [4.69, 9.17) is 0 Å². The van der Waals surface area contributed by atoms with Gasteiger partial charge in [0.25, 0.3) is 0 Å². The molecule has 0 radical (unpaired) electrons. The summed E-state index contributed by atoms with van der Waals surface area (Å²) in [5, 5.41) is 7.32. The highest BCUT2D eigenvalue weighted by atomic mass is 19.1. The van der Waals surface area contributed by atoms with Crippen LogP contribution in [0.25, 0.3) is 10.8 Å². The summed E-state index contributed by atoms with van der Waals surface area (Å²) in [5.74, 6) is -1.44. The molecule has 0 heterocycles. The van der Waals surface area contributed by atoms with Crippen molar-refractivity contribution in [3.8, 4) is 0 Å². The van der Waals surface area contributed by atoms with E-state index < -0.39 is 23.7 Å². The topological polar surface area (TPSA) is 82.3 Å². The van der Waals surface area contributed by atoms with Crippen LogP contribution in [0.3, 0.4) is 0 Å². The second-order valence-corrected chi connectivity index (χ2v) is 6.85. The first-order valence-corrected chi connectivity index (χ1v) is 9.07. The zero-order chi connectivity index (χ0) is 20.4. The summed E-state index contributed by atoms with van der Waals surface area (Å²) in [7, 11) is 0. The second-order valence-electron chi connectivity index (χ2n) is 6.85. The van der Waals surface area contributed by atoms with Crippen molar-refractivity contribution in [3.63, 3.8) is 0 Å². The lowest BCUT2D eigenvalue weighted by atomic mass is 10.0. The van der Waals surface area contributed by atoms with Crippen LogP contribution < -0.4 is 21.5 Å². The Labute approximate surface area is 165 Å². The van der Waals surface area contributed by atoms with E-state index in [9.17, 15) is 18.4 Å². The van der Waals surface area contributed by atoms with Gasteiger partial charge in [-0.05, 0) is 34.9 Å². The number of benzene rings is 3. The third-order valence-corrected chi connectivity index (χ3v) is 4.74. The fourth-order valence-electron chi connectivity index (χ4n) is 3.38. The Hall–Kier alpha value is -3.68. The van der Waals surface area contributed by atoms with Crippen LogP contribution >= 0.6 is 0 Å². The highest BCUT2D eigenvalue weighted by Gasteiger charge is 2.40. The smallest absolute Gasteiger partial charge is 0.333 e. The molecule has 3 aromatic rings. The number of amides is 4. The van der Waals surface area contributed by atoms with Crippen LogP contribution in [-0.4, -0.2) is 18.1 Å². The molecule has 1 saturated carbocycles. The molecule has 1 aliphatic carbocycles. The molecule has 1 fully saturated rings. The van der Waals surface area contributed by atoms with Gasteiger partial charge in [0.15, 0.2) is 0 Å². The number of hydrogen-bond donors (Lipinski definition) is 4. The van der Waals surface area contributed by atoms with Gasteiger partial charge in [-0.3, -0.25) is 0 Å². The molecule has 0 spiro atoms. The third kappa shape index (κ3) is 4.43. The Morgan fingerprint density at radius 2 is 1.55 bits per heavy atom. The van der Waals surface area contributed by atoms with Crippen molar-refractivity contribution in [1.82, 2.24) is 16.2 Å². The molecule has 3 aromatic carbocycles. The monoisotopic (exact) mass is 396 g/mol. The molecule has 0 saturated heterocycles. The van der Waals surface area contributed by atoms with Crippen molar-refractivity contribution in [2.75, 3.05) is 5.32 Å². The van der Waals surface area contributed by atoms with Crippen molar-refractivity contribution in [3.05, 3.63) is 77.9 Å². The number of halogens is 2. The lowest BCUT2D eigenvalue weighted by Crippen LogP contribution is -2.49. The maximum Gasteiger partial charge on any atom is 0.337 e. The van der Waals surface area contributed by atoms with Gasteiger partial charge >= 0.3 is 12.1 Å². The largest absolute Gasteiger partial charge is 0.337 e. The molecule has 1 aliphatic rings. The van der Waals surface area contributed by atoms with Crippen LogP contribution in [0.2, 0.25) is 0 Å². The lowest BCUT2D eigenvalue weighted by molar-refractivity contribution is 0.229. The van der Waals surface area contributed by atoms with Crippen LogP contribution in [0.4, 0.5) is 24.1 Å². The number of fused-ring (bicyclic) bond motifs is 1. The zero-order valence-electron chi connectivity index (χ0n) is 15.2. The minimum Gasteiger partial charge on any atom is -0.333 e. The summed E-state index contributed by atoms with van der Waals surface area (Å²) >= 11 is 0. The summed E-state index contributed by atoms with van der Waals surface area (Å²) < 4.78 is 26.3. The fraction of sp³-hybridized carbons (Fsp3) is 0.143. The van der Waals surface area contributed by atoms with E-state index in [-0.39, 0.29) is 17.6 Å². The molecule has 148 valence electrons. The molecule has 2 atom stereocenters. The molecule has 6 nitrogen and oxygen atoms in total. The number of urea groups is 2. The van der Waals surface area contributed by atoms with Gasteiger partial charge in [-0.2, -0.15) is 0 Å². The summed E-state index contributed by atoms with van der Waals surface area (Å²) in [6, 6.07) is 15.3. The number of hydrazine groups is 1. The van der Waals surface area contributed by atoms with E-state index >= 15 is 0 Å². The molecular formula is C21H18F2N4O2. The summed E-state index contributed by atoms with van der Waals surface area (Å²) in [6.07, 6.45) is 0.802. The van der Waals surface area contributed by atoms with Crippen LogP contribution in [0.1, 0.15) is 17.9 Å². The third-order valence-electron chi connectivity index (χ3n) is 4.74. The van der Waals surface area contributed by atoms with E-state index in [2.05, 4.69) is 33.6 Å². The normalized spacial score (nSPS) is 17.4. The van der Waals surface area contributed by atoms with Gasteiger partial charge in [0, 0.05) is 23.7 Å². The number of hydrogen-bond acceptors (Lipinski definition) is 2. The summed E-state index contributed by atoms with van der Waals surface area (Å²) in [5.41, 5.74) is 5.45. The number of nitrogens with one attached hydrogen (secondary N) is 4. The minimum atomic E-state index is -0.827. The number of carbonyl (C=O) groups is 2. The Balaban J connectivity index is 1.28. The van der Waals surface area contributed by atoms with Crippen LogP contribution in [-0.2, 0) is 0 Å². The average Bonchev–Trinajstić information content (AvgIpc) is 3.44. The quantitative estimate of drug-likeness (QED) is 0.505. The van der Waals surface area contributed by atoms with Gasteiger partial charge in [0.05, 0.1) is 0 Å². The molecule has 0 unspecified atom stereocenters. The van der Waals surface area contributed by atoms with Crippen molar-refractivity contribution >= 4 is 28.5 Å². The summed E-state index contributed by atoms with van der Waals surface area (Å²) in [6.45, 7) is 0. The van der Waals surface area contributed by atoms with Crippen molar-refractivity contribution in [1.29, 1.82) is 0 Å². The van der Waals surface area contributed by atoms with Gasteiger partial charge in [-0.15, -0.1) is 0 Å². The Morgan fingerprint density at radius 3 is 2.34 bits per heavy atom. The van der Waals surface area contributed by atoms with Crippen molar-refractivity contribution < 1.29 is 18.4 Å². The molecule has 0 aliphatic heterocycles. The lowest BCUT2D eigenvalue weighted by Gasteiger charge is -2.11. The Kier molecular flexibility index (Phi) is 4.99. The molecule has 4 N–H and O–H groups in total. The van der Waals surface area contributed by atoms with Crippen LogP contribution in [0.5, 0.6) is 0 Å². The SMILES string of the molecule is O=C(NNC(=O)N[C@@H]1C[C@H]1c1cccc2ccccc12)Nc1cc(F)cc(F)c1. The number of rotatable bonds is 3. The Bertz CT molecular complexity index is 1060. The maximum absolute atomic E-state index is 13.1. The van der Waals surface area contributed by atoms with Crippen LogP contribution in [0, 0.1) is 11.6 Å². The number of carbonyl (C=O) groups excluding carboxylic acids is 2. The molecule has 4 rings (SSSR count). The van der Waals surface area contributed by atoms with Gasteiger partial charge in [0.1, 0.15) is 11.6 Å². The molecule has 4 amide bonds.